The summed E-state index contributed by atoms with van der Waals surface area (Å²) in [5, 5.41) is 9.53. The van der Waals surface area contributed by atoms with Gasteiger partial charge in [0, 0.05) is 19.0 Å². The first-order valence-electron chi connectivity index (χ1n) is 4.76. The minimum atomic E-state index is -0.481. The van der Waals surface area contributed by atoms with Crippen molar-refractivity contribution in [3.63, 3.8) is 0 Å². The quantitative estimate of drug-likeness (QED) is 0.719. The fraction of sp³-hybridized carbons (Fsp3) is 0.889. The van der Waals surface area contributed by atoms with E-state index < -0.39 is 12.8 Å². The Kier molecular flexibility index (Phi) is 4.62. The number of piperidine rings is 1. The molecule has 1 fully saturated rings. The predicted octanol–water partition coefficient (Wildman–Crippen LogP) is 0.794. The summed E-state index contributed by atoms with van der Waals surface area (Å²) >= 11 is 5.42. The summed E-state index contributed by atoms with van der Waals surface area (Å²) in [6, 6.07) is 0. The number of likely N-dealkylation sites (tertiary alicyclic amines) is 1. The number of aliphatic hydroxyl groups excluding tert-OH is 1. The van der Waals surface area contributed by atoms with Crippen molar-refractivity contribution in [1.82, 2.24) is 4.90 Å². The molecule has 0 aromatic rings. The first kappa shape index (κ1) is 11.7. The molecule has 3 nitrogen and oxygen atoms in total. The van der Waals surface area contributed by atoms with Gasteiger partial charge in [0.1, 0.15) is 5.88 Å². The molecule has 14 heavy (non-hydrogen) atoms. The number of rotatable bonds is 3. The fourth-order valence-corrected chi connectivity index (χ4v) is 1.92. The maximum Gasteiger partial charge on any atom is 0.237 e. The van der Waals surface area contributed by atoms with Crippen LogP contribution in [0.3, 0.4) is 0 Å². The highest BCUT2D eigenvalue weighted by Crippen LogP contribution is 2.20. The van der Waals surface area contributed by atoms with Gasteiger partial charge in [0.25, 0.3) is 0 Å². The molecule has 0 spiro atoms. The molecule has 1 rings (SSSR count). The smallest absolute Gasteiger partial charge is 0.237 e. The summed E-state index contributed by atoms with van der Waals surface area (Å²) in [5.41, 5.74) is 0. The van der Waals surface area contributed by atoms with Gasteiger partial charge in [-0.1, -0.05) is 0 Å². The Morgan fingerprint density at radius 2 is 2.36 bits per heavy atom. The molecule has 1 aliphatic heterocycles. The Morgan fingerprint density at radius 1 is 1.64 bits per heavy atom. The average Bonchev–Trinajstić information content (AvgIpc) is 2.20. The first-order valence-corrected chi connectivity index (χ1v) is 5.30. The second kappa shape index (κ2) is 5.51. The molecule has 2 atom stereocenters. The molecule has 1 saturated heterocycles. The number of carbonyl (C=O) groups excluding carboxylic acids is 1. The van der Waals surface area contributed by atoms with Gasteiger partial charge in [0.2, 0.25) is 5.91 Å². The van der Waals surface area contributed by atoms with Gasteiger partial charge in [0.15, 0.2) is 0 Å². The summed E-state index contributed by atoms with van der Waals surface area (Å²) in [6.07, 6.45) is 0.352. The van der Waals surface area contributed by atoms with E-state index in [9.17, 15) is 14.3 Å². The molecule has 0 saturated carbocycles. The van der Waals surface area contributed by atoms with Crippen molar-refractivity contribution in [3.8, 4) is 0 Å². The topological polar surface area (TPSA) is 40.5 Å². The predicted molar refractivity (Wildman–Crippen MR) is 52.0 cm³/mol. The maximum atomic E-state index is 12.1. The zero-order valence-corrected chi connectivity index (χ0v) is 8.71. The Balaban J connectivity index is 2.48. The number of nitrogens with zero attached hydrogens (tertiary/aromatic N) is 1. The van der Waals surface area contributed by atoms with E-state index in [4.69, 9.17) is 11.6 Å². The lowest BCUT2D eigenvalue weighted by Crippen LogP contribution is -2.46. The number of amides is 1. The number of hydrogen-bond acceptors (Lipinski definition) is 2. The molecule has 1 aliphatic rings. The highest BCUT2D eigenvalue weighted by atomic mass is 35.5. The Morgan fingerprint density at radius 3 is 2.93 bits per heavy atom. The third-order valence-electron chi connectivity index (χ3n) is 2.64. The third kappa shape index (κ3) is 2.82. The molecule has 1 heterocycles. The van der Waals surface area contributed by atoms with E-state index in [0.717, 1.165) is 0 Å². The van der Waals surface area contributed by atoms with Crippen LogP contribution in [-0.4, -0.2) is 47.7 Å². The number of alkyl halides is 2. The lowest BCUT2D eigenvalue weighted by molar-refractivity contribution is -0.132. The summed E-state index contributed by atoms with van der Waals surface area (Å²) < 4.78 is 12.1. The molecule has 1 amide bonds. The minimum absolute atomic E-state index is 0.0432. The van der Waals surface area contributed by atoms with E-state index in [1.54, 1.807) is 4.90 Å². The van der Waals surface area contributed by atoms with Gasteiger partial charge in [0.05, 0.1) is 12.8 Å². The SMILES string of the molecule is O=C(CCl)N1CC[C@H](O)[C@@H](CCF)C1. The standard InChI is InChI=1S/C9H15ClFNO2/c10-5-9(14)12-4-2-8(13)7(6-12)1-3-11/h7-8,13H,1-6H2/t7-,8-/m0/s1. The highest BCUT2D eigenvalue weighted by Gasteiger charge is 2.29. The van der Waals surface area contributed by atoms with E-state index >= 15 is 0 Å². The Labute approximate surface area is 87.8 Å². The monoisotopic (exact) mass is 223 g/mol. The van der Waals surface area contributed by atoms with Crippen LogP contribution in [0, 0.1) is 5.92 Å². The molecular formula is C9H15ClFNO2. The van der Waals surface area contributed by atoms with Crippen molar-refractivity contribution in [2.45, 2.75) is 18.9 Å². The Bertz CT molecular complexity index is 203. The van der Waals surface area contributed by atoms with E-state index in [0.29, 0.717) is 25.9 Å². The molecule has 0 aliphatic carbocycles. The van der Waals surface area contributed by atoms with Gasteiger partial charge < -0.3 is 10.0 Å². The van der Waals surface area contributed by atoms with Gasteiger partial charge >= 0.3 is 0 Å². The van der Waals surface area contributed by atoms with Gasteiger partial charge in [-0.2, -0.15) is 0 Å². The van der Waals surface area contributed by atoms with E-state index in [-0.39, 0.29) is 17.7 Å². The zero-order chi connectivity index (χ0) is 10.6. The normalized spacial score (nSPS) is 27.8. The van der Waals surface area contributed by atoms with Crippen LogP contribution in [0.2, 0.25) is 0 Å². The van der Waals surface area contributed by atoms with Crippen molar-refractivity contribution in [2.24, 2.45) is 5.92 Å². The zero-order valence-electron chi connectivity index (χ0n) is 7.96. The Hall–Kier alpha value is -0.350. The van der Waals surface area contributed by atoms with E-state index in [1.807, 2.05) is 0 Å². The molecule has 0 aromatic heterocycles. The molecule has 0 radical (unpaired) electrons. The second-order valence-electron chi connectivity index (χ2n) is 3.57. The number of hydrogen-bond donors (Lipinski definition) is 1. The lowest BCUT2D eigenvalue weighted by Gasteiger charge is -2.35. The van der Waals surface area contributed by atoms with Crippen LogP contribution in [0.15, 0.2) is 0 Å². The minimum Gasteiger partial charge on any atom is -0.393 e. The average molecular weight is 224 g/mol. The summed E-state index contributed by atoms with van der Waals surface area (Å²) in [6.45, 7) is 0.497. The van der Waals surface area contributed by atoms with Crippen molar-refractivity contribution in [3.05, 3.63) is 0 Å². The van der Waals surface area contributed by atoms with Crippen LogP contribution < -0.4 is 0 Å². The largest absolute Gasteiger partial charge is 0.393 e. The van der Waals surface area contributed by atoms with Gasteiger partial charge in [-0.25, -0.2) is 0 Å². The molecule has 0 bridgehead atoms. The van der Waals surface area contributed by atoms with Crippen molar-refractivity contribution < 1.29 is 14.3 Å². The summed E-state index contributed by atoms with van der Waals surface area (Å²) in [4.78, 5) is 12.8. The van der Waals surface area contributed by atoms with Crippen molar-refractivity contribution in [1.29, 1.82) is 0 Å². The third-order valence-corrected chi connectivity index (χ3v) is 2.87. The van der Waals surface area contributed by atoms with Crippen molar-refractivity contribution in [2.75, 3.05) is 25.6 Å². The maximum absolute atomic E-state index is 12.1. The van der Waals surface area contributed by atoms with Crippen LogP contribution in [0.25, 0.3) is 0 Å². The van der Waals surface area contributed by atoms with Crippen LogP contribution in [-0.2, 0) is 4.79 Å². The van der Waals surface area contributed by atoms with Gasteiger partial charge in [-0.15, -0.1) is 11.6 Å². The van der Waals surface area contributed by atoms with Crippen LogP contribution in [0.5, 0.6) is 0 Å². The molecule has 5 heteroatoms. The lowest BCUT2D eigenvalue weighted by atomic mass is 9.92. The number of carbonyl (C=O) groups is 1. The fourth-order valence-electron chi connectivity index (χ4n) is 1.75. The van der Waals surface area contributed by atoms with Gasteiger partial charge in [-0.05, 0) is 12.8 Å². The molecular weight excluding hydrogens is 209 g/mol. The highest BCUT2D eigenvalue weighted by molar-refractivity contribution is 6.27. The van der Waals surface area contributed by atoms with Gasteiger partial charge in [-0.3, -0.25) is 9.18 Å². The molecule has 82 valence electrons. The summed E-state index contributed by atoms with van der Waals surface area (Å²) in [7, 11) is 0. The molecule has 1 N–H and O–H groups in total. The van der Waals surface area contributed by atoms with Crippen molar-refractivity contribution >= 4 is 17.5 Å². The van der Waals surface area contributed by atoms with Crippen LogP contribution in [0.1, 0.15) is 12.8 Å². The first-order chi connectivity index (χ1) is 6.69. The molecule has 0 aromatic carbocycles. The van der Waals surface area contributed by atoms with Crippen LogP contribution in [0.4, 0.5) is 4.39 Å². The molecule has 0 unspecified atom stereocenters. The van der Waals surface area contributed by atoms with E-state index in [2.05, 4.69) is 0 Å². The van der Waals surface area contributed by atoms with Crippen LogP contribution >= 0.6 is 11.6 Å². The number of halogens is 2. The summed E-state index contributed by atoms with van der Waals surface area (Å²) in [5.74, 6) is -0.318. The second-order valence-corrected chi connectivity index (χ2v) is 3.83. The van der Waals surface area contributed by atoms with E-state index in [1.165, 1.54) is 0 Å². The number of aliphatic hydroxyl groups is 1.